The second-order valence-corrected chi connectivity index (χ2v) is 5.28. The zero-order valence-electron chi connectivity index (χ0n) is 10.6. The van der Waals surface area contributed by atoms with E-state index in [9.17, 15) is 14.7 Å². The van der Waals surface area contributed by atoms with E-state index in [0.29, 0.717) is 19.5 Å². The predicted molar refractivity (Wildman–Crippen MR) is 69.7 cm³/mol. The van der Waals surface area contributed by atoms with Gasteiger partial charge < -0.3 is 15.3 Å². The Morgan fingerprint density at radius 3 is 2.53 bits per heavy atom. The largest absolute Gasteiger partial charge is 0.390 e. The molecule has 2 amide bonds. The highest BCUT2D eigenvalue weighted by atomic mass is 16.3. The number of carbonyl (C=O) groups excluding carboxylic acids is 2. The molecule has 1 saturated heterocycles. The van der Waals surface area contributed by atoms with Crippen molar-refractivity contribution in [1.82, 2.24) is 5.32 Å². The van der Waals surface area contributed by atoms with Crippen LogP contribution in [0, 0.1) is 0 Å². The third kappa shape index (κ3) is 2.46. The molecule has 100 valence electrons. The Labute approximate surface area is 111 Å². The number of nitrogens with zero attached hydrogens (tertiary/aromatic N) is 1. The van der Waals surface area contributed by atoms with Crippen molar-refractivity contribution in [2.75, 3.05) is 18.0 Å². The number of piperazine rings is 1. The van der Waals surface area contributed by atoms with Crippen LogP contribution >= 0.6 is 0 Å². The van der Waals surface area contributed by atoms with E-state index in [1.807, 2.05) is 24.3 Å². The SMILES string of the molecule is O=C1NCCN(c2ccc(CC3(O)CC3)cc2)C1=O. The number of carbonyl (C=O) groups is 2. The van der Waals surface area contributed by atoms with E-state index in [0.717, 1.165) is 24.1 Å². The first-order chi connectivity index (χ1) is 9.07. The maximum absolute atomic E-state index is 11.7. The fourth-order valence-electron chi connectivity index (χ4n) is 2.32. The number of anilines is 1. The molecule has 0 atom stereocenters. The summed E-state index contributed by atoms with van der Waals surface area (Å²) in [6.45, 7) is 0.972. The molecule has 1 aliphatic heterocycles. The van der Waals surface area contributed by atoms with Crippen LogP contribution in [0.25, 0.3) is 0 Å². The highest BCUT2D eigenvalue weighted by molar-refractivity contribution is 6.41. The van der Waals surface area contributed by atoms with Crippen LogP contribution in [-0.4, -0.2) is 35.6 Å². The Balaban J connectivity index is 1.74. The molecule has 1 aromatic rings. The van der Waals surface area contributed by atoms with Crippen molar-refractivity contribution in [3.05, 3.63) is 29.8 Å². The summed E-state index contributed by atoms with van der Waals surface area (Å²) in [6, 6.07) is 7.48. The lowest BCUT2D eigenvalue weighted by molar-refractivity contribution is -0.138. The van der Waals surface area contributed by atoms with Gasteiger partial charge in [-0.2, -0.15) is 0 Å². The molecule has 0 unspecified atom stereocenters. The molecule has 2 aliphatic rings. The van der Waals surface area contributed by atoms with Crippen molar-refractivity contribution in [3.8, 4) is 0 Å². The number of aliphatic hydroxyl groups is 1. The van der Waals surface area contributed by atoms with Gasteiger partial charge in [-0.1, -0.05) is 12.1 Å². The first-order valence-electron chi connectivity index (χ1n) is 6.48. The smallest absolute Gasteiger partial charge is 0.316 e. The Hall–Kier alpha value is -1.88. The maximum atomic E-state index is 11.7. The van der Waals surface area contributed by atoms with E-state index in [1.165, 1.54) is 4.90 Å². The van der Waals surface area contributed by atoms with Gasteiger partial charge in [-0.15, -0.1) is 0 Å². The first-order valence-corrected chi connectivity index (χ1v) is 6.48. The highest BCUT2D eigenvalue weighted by Crippen LogP contribution is 2.38. The van der Waals surface area contributed by atoms with Crippen molar-refractivity contribution >= 4 is 17.5 Å². The third-order valence-corrected chi connectivity index (χ3v) is 3.67. The molecule has 0 bridgehead atoms. The summed E-state index contributed by atoms with van der Waals surface area (Å²) in [4.78, 5) is 24.5. The number of hydrogen-bond acceptors (Lipinski definition) is 3. The molecule has 1 saturated carbocycles. The second-order valence-electron chi connectivity index (χ2n) is 5.28. The molecule has 2 fully saturated rings. The van der Waals surface area contributed by atoms with E-state index in [1.54, 1.807) is 0 Å². The van der Waals surface area contributed by atoms with Crippen molar-refractivity contribution in [1.29, 1.82) is 0 Å². The maximum Gasteiger partial charge on any atom is 0.316 e. The average Bonchev–Trinajstić information content (AvgIpc) is 3.12. The van der Waals surface area contributed by atoms with Crippen molar-refractivity contribution in [3.63, 3.8) is 0 Å². The van der Waals surface area contributed by atoms with Crippen LogP contribution in [0.15, 0.2) is 24.3 Å². The predicted octanol–water partition coefficient (Wildman–Crippen LogP) is 0.217. The summed E-state index contributed by atoms with van der Waals surface area (Å²) < 4.78 is 0. The molecule has 1 heterocycles. The van der Waals surface area contributed by atoms with Gasteiger partial charge in [0.05, 0.1) is 5.60 Å². The van der Waals surface area contributed by atoms with Gasteiger partial charge >= 0.3 is 11.8 Å². The summed E-state index contributed by atoms with van der Waals surface area (Å²) >= 11 is 0. The molecule has 5 heteroatoms. The van der Waals surface area contributed by atoms with Crippen LogP contribution in [0.3, 0.4) is 0 Å². The number of nitrogens with one attached hydrogen (secondary N) is 1. The van der Waals surface area contributed by atoms with Gasteiger partial charge in [-0.3, -0.25) is 9.59 Å². The lowest BCUT2D eigenvalue weighted by Crippen LogP contribution is -2.52. The van der Waals surface area contributed by atoms with E-state index >= 15 is 0 Å². The van der Waals surface area contributed by atoms with Crippen LogP contribution in [0.5, 0.6) is 0 Å². The molecule has 0 spiro atoms. The Morgan fingerprint density at radius 2 is 1.89 bits per heavy atom. The Morgan fingerprint density at radius 1 is 1.21 bits per heavy atom. The molecule has 1 aliphatic carbocycles. The topological polar surface area (TPSA) is 69.6 Å². The standard InChI is InChI=1S/C14H16N2O3/c17-12-13(18)16(8-7-15-12)11-3-1-10(2-4-11)9-14(19)5-6-14/h1-4,19H,5-9H2,(H,15,17). The van der Waals surface area contributed by atoms with Crippen molar-refractivity contribution in [2.24, 2.45) is 0 Å². The lowest BCUT2D eigenvalue weighted by atomic mass is 10.1. The molecule has 5 nitrogen and oxygen atoms in total. The summed E-state index contributed by atoms with van der Waals surface area (Å²) in [5.74, 6) is -1.07. The van der Waals surface area contributed by atoms with Crippen molar-refractivity contribution in [2.45, 2.75) is 24.9 Å². The summed E-state index contributed by atoms with van der Waals surface area (Å²) in [7, 11) is 0. The summed E-state index contributed by atoms with van der Waals surface area (Å²) in [6.07, 6.45) is 2.38. The normalized spacial score (nSPS) is 21.2. The molecule has 0 radical (unpaired) electrons. The van der Waals surface area contributed by atoms with Gasteiger partial charge in [-0.05, 0) is 30.5 Å². The van der Waals surface area contributed by atoms with Crippen LogP contribution < -0.4 is 10.2 Å². The second kappa shape index (κ2) is 4.35. The number of amides is 2. The summed E-state index contributed by atoms with van der Waals surface area (Å²) in [5, 5.41) is 12.4. The minimum atomic E-state index is -0.553. The minimum absolute atomic E-state index is 0.478. The number of benzene rings is 1. The third-order valence-electron chi connectivity index (χ3n) is 3.67. The molecular formula is C14H16N2O3. The molecule has 3 rings (SSSR count). The van der Waals surface area contributed by atoms with Crippen LogP contribution in [0.1, 0.15) is 18.4 Å². The lowest BCUT2D eigenvalue weighted by Gasteiger charge is -2.26. The fourth-order valence-corrected chi connectivity index (χ4v) is 2.32. The van der Waals surface area contributed by atoms with Gasteiger partial charge in [0, 0.05) is 25.2 Å². The minimum Gasteiger partial charge on any atom is -0.390 e. The molecule has 2 N–H and O–H groups in total. The Bertz CT molecular complexity index is 520. The monoisotopic (exact) mass is 260 g/mol. The van der Waals surface area contributed by atoms with E-state index in [-0.39, 0.29) is 0 Å². The van der Waals surface area contributed by atoms with Crippen molar-refractivity contribution < 1.29 is 14.7 Å². The quantitative estimate of drug-likeness (QED) is 0.764. The molecule has 19 heavy (non-hydrogen) atoms. The average molecular weight is 260 g/mol. The van der Waals surface area contributed by atoms with E-state index in [2.05, 4.69) is 5.32 Å². The van der Waals surface area contributed by atoms with E-state index < -0.39 is 17.4 Å². The first kappa shape index (κ1) is 12.2. The van der Waals surface area contributed by atoms with E-state index in [4.69, 9.17) is 0 Å². The number of hydrogen-bond donors (Lipinski definition) is 2. The van der Waals surface area contributed by atoms with Crippen LogP contribution in [-0.2, 0) is 16.0 Å². The number of rotatable bonds is 3. The van der Waals surface area contributed by atoms with Gasteiger partial charge in [0.2, 0.25) is 0 Å². The van der Waals surface area contributed by atoms with Gasteiger partial charge in [0.1, 0.15) is 0 Å². The van der Waals surface area contributed by atoms with Gasteiger partial charge in [-0.25, -0.2) is 0 Å². The summed E-state index contributed by atoms with van der Waals surface area (Å²) in [5.41, 5.74) is 1.27. The Kier molecular flexibility index (Phi) is 2.78. The van der Waals surface area contributed by atoms with Gasteiger partial charge in [0.25, 0.3) is 0 Å². The zero-order valence-corrected chi connectivity index (χ0v) is 10.6. The van der Waals surface area contributed by atoms with Crippen LogP contribution in [0.2, 0.25) is 0 Å². The molecule has 1 aromatic carbocycles. The molecular weight excluding hydrogens is 244 g/mol. The fraction of sp³-hybridized carbons (Fsp3) is 0.429. The van der Waals surface area contributed by atoms with Gasteiger partial charge in [0.15, 0.2) is 0 Å². The molecule has 0 aromatic heterocycles. The van der Waals surface area contributed by atoms with Crippen LogP contribution in [0.4, 0.5) is 5.69 Å². The highest BCUT2D eigenvalue weighted by Gasteiger charge is 2.40. The zero-order chi connectivity index (χ0) is 13.5.